The van der Waals surface area contributed by atoms with E-state index in [1.165, 1.54) is 12.1 Å². The zero-order valence-electron chi connectivity index (χ0n) is 12.3. The van der Waals surface area contributed by atoms with Crippen LogP contribution >= 0.6 is 0 Å². The van der Waals surface area contributed by atoms with Gasteiger partial charge in [0.1, 0.15) is 11.5 Å². The summed E-state index contributed by atoms with van der Waals surface area (Å²) in [4.78, 5) is 4.31. The predicted octanol–water partition coefficient (Wildman–Crippen LogP) is 4.07. The number of nitrogens with two attached hydrogens (primary N) is 1. The lowest BCUT2D eigenvalue weighted by Crippen LogP contribution is -1.94. The number of pyridine rings is 1. The molecule has 2 aromatic carbocycles. The minimum Gasteiger partial charge on any atom is -0.496 e. The van der Waals surface area contributed by atoms with E-state index >= 15 is 0 Å². The molecule has 22 heavy (non-hydrogen) atoms. The SMILES string of the molecule is COc1cc2c(Oc3ccc(N)cc3F)ccnc2cc1C. The van der Waals surface area contributed by atoms with E-state index in [-0.39, 0.29) is 5.75 Å². The topological polar surface area (TPSA) is 57.4 Å². The van der Waals surface area contributed by atoms with Crippen LogP contribution in [0, 0.1) is 12.7 Å². The fourth-order valence-corrected chi connectivity index (χ4v) is 2.28. The van der Waals surface area contributed by atoms with Crippen molar-refractivity contribution in [2.24, 2.45) is 0 Å². The van der Waals surface area contributed by atoms with Gasteiger partial charge >= 0.3 is 0 Å². The van der Waals surface area contributed by atoms with Crippen LogP contribution in [0.15, 0.2) is 42.6 Å². The third-order valence-corrected chi connectivity index (χ3v) is 3.39. The lowest BCUT2D eigenvalue weighted by molar-refractivity contribution is 0.411. The van der Waals surface area contributed by atoms with Crippen molar-refractivity contribution >= 4 is 16.6 Å². The molecule has 0 aliphatic carbocycles. The molecular formula is C17H15FN2O2. The molecule has 0 unspecified atom stereocenters. The van der Waals surface area contributed by atoms with E-state index in [4.69, 9.17) is 15.2 Å². The zero-order chi connectivity index (χ0) is 15.7. The van der Waals surface area contributed by atoms with Gasteiger partial charge in [-0.15, -0.1) is 0 Å². The van der Waals surface area contributed by atoms with Gasteiger partial charge in [0.2, 0.25) is 0 Å². The molecule has 0 atom stereocenters. The Hall–Kier alpha value is -2.82. The monoisotopic (exact) mass is 298 g/mol. The number of fused-ring (bicyclic) bond motifs is 1. The third kappa shape index (κ3) is 2.53. The Morgan fingerprint density at radius 2 is 1.86 bits per heavy atom. The number of benzene rings is 2. The maximum atomic E-state index is 13.9. The van der Waals surface area contributed by atoms with E-state index in [1.807, 2.05) is 19.1 Å². The van der Waals surface area contributed by atoms with Crippen molar-refractivity contribution in [3.05, 3.63) is 54.0 Å². The summed E-state index contributed by atoms with van der Waals surface area (Å²) in [5.74, 6) is 0.834. The average molecular weight is 298 g/mol. The molecule has 0 radical (unpaired) electrons. The first-order valence-electron chi connectivity index (χ1n) is 6.74. The Labute approximate surface area is 127 Å². The average Bonchev–Trinajstić information content (AvgIpc) is 2.49. The molecule has 5 heteroatoms. The molecule has 3 rings (SSSR count). The van der Waals surface area contributed by atoms with Crippen molar-refractivity contribution in [3.63, 3.8) is 0 Å². The van der Waals surface area contributed by atoms with Gasteiger partial charge < -0.3 is 15.2 Å². The quantitative estimate of drug-likeness (QED) is 0.741. The Kier molecular flexibility index (Phi) is 3.55. The number of rotatable bonds is 3. The van der Waals surface area contributed by atoms with Crippen LogP contribution in [-0.2, 0) is 0 Å². The van der Waals surface area contributed by atoms with E-state index in [0.29, 0.717) is 11.4 Å². The Morgan fingerprint density at radius 3 is 2.59 bits per heavy atom. The summed E-state index contributed by atoms with van der Waals surface area (Å²) in [5, 5.41) is 0.751. The summed E-state index contributed by atoms with van der Waals surface area (Å²) in [6.07, 6.45) is 1.62. The van der Waals surface area contributed by atoms with E-state index in [9.17, 15) is 4.39 Å². The molecule has 1 aromatic heterocycles. The van der Waals surface area contributed by atoms with E-state index in [0.717, 1.165) is 22.2 Å². The number of aromatic nitrogens is 1. The fourth-order valence-electron chi connectivity index (χ4n) is 2.28. The van der Waals surface area contributed by atoms with Crippen LogP contribution in [0.4, 0.5) is 10.1 Å². The first-order chi connectivity index (χ1) is 10.6. The fraction of sp³-hybridized carbons (Fsp3) is 0.118. The Bertz CT molecular complexity index is 849. The molecule has 2 N–H and O–H groups in total. The molecule has 1 heterocycles. The zero-order valence-corrected chi connectivity index (χ0v) is 12.3. The number of halogens is 1. The molecule has 0 amide bonds. The van der Waals surface area contributed by atoms with E-state index < -0.39 is 5.82 Å². The van der Waals surface area contributed by atoms with Crippen LogP contribution in [0.1, 0.15) is 5.56 Å². The van der Waals surface area contributed by atoms with Gasteiger partial charge in [-0.25, -0.2) is 4.39 Å². The van der Waals surface area contributed by atoms with Crippen molar-refractivity contribution in [2.75, 3.05) is 12.8 Å². The molecule has 0 saturated carbocycles. The second-order valence-corrected chi connectivity index (χ2v) is 4.94. The second-order valence-electron chi connectivity index (χ2n) is 4.94. The van der Waals surface area contributed by atoms with Crippen molar-refractivity contribution < 1.29 is 13.9 Å². The van der Waals surface area contributed by atoms with Crippen LogP contribution < -0.4 is 15.2 Å². The van der Waals surface area contributed by atoms with Gasteiger partial charge in [0.25, 0.3) is 0 Å². The largest absolute Gasteiger partial charge is 0.496 e. The minimum absolute atomic E-state index is 0.112. The number of hydrogen-bond acceptors (Lipinski definition) is 4. The highest BCUT2D eigenvalue weighted by molar-refractivity contribution is 5.87. The van der Waals surface area contributed by atoms with Crippen molar-refractivity contribution in [2.45, 2.75) is 6.92 Å². The summed E-state index contributed by atoms with van der Waals surface area (Å²) < 4.78 is 24.9. The molecule has 3 aromatic rings. The van der Waals surface area contributed by atoms with Gasteiger partial charge in [-0.3, -0.25) is 4.98 Å². The smallest absolute Gasteiger partial charge is 0.167 e. The minimum atomic E-state index is -0.510. The van der Waals surface area contributed by atoms with E-state index in [2.05, 4.69) is 4.98 Å². The number of methoxy groups -OCH3 is 1. The first kappa shape index (κ1) is 14.1. The number of hydrogen-bond donors (Lipinski definition) is 1. The highest BCUT2D eigenvalue weighted by Crippen LogP contribution is 2.34. The van der Waals surface area contributed by atoms with Crippen LogP contribution in [0.2, 0.25) is 0 Å². The van der Waals surface area contributed by atoms with Gasteiger partial charge in [-0.05, 0) is 42.8 Å². The van der Waals surface area contributed by atoms with Gasteiger partial charge in [0.15, 0.2) is 11.6 Å². The molecular weight excluding hydrogens is 283 g/mol. The Balaban J connectivity index is 2.10. The molecule has 4 nitrogen and oxygen atoms in total. The van der Waals surface area contributed by atoms with Crippen LogP contribution in [0.25, 0.3) is 10.9 Å². The highest BCUT2D eigenvalue weighted by atomic mass is 19.1. The second kappa shape index (κ2) is 5.52. The maximum Gasteiger partial charge on any atom is 0.167 e. The molecule has 0 bridgehead atoms. The normalized spacial score (nSPS) is 10.7. The standard InChI is InChI=1S/C17H15FN2O2/c1-10-7-14-12(9-17(10)21-2)15(5-6-20-14)22-16-4-3-11(19)8-13(16)18/h3-9H,19H2,1-2H3. The maximum absolute atomic E-state index is 13.9. The van der Waals surface area contributed by atoms with Gasteiger partial charge in [-0.2, -0.15) is 0 Å². The molecule has 0 aliphatic heterocycles. The van der Waals surface area contributed by atoms with Gasteiger partial charge in [-0.1, -0.05) is 0 Å². The van der Waals surface area contributed by atoms with Crippen LogP contribution in [0.5, 0.6) is 17.2 Å². The van der Waals surface area contributed by atoms with Crippen molar-refractivity contribution in [1.82, 2.24) is 4.98 Å². The van der Waals surface area contributed by atoms with Crippen LogP contribution in [-0.4, -0.2) is 12.1 Å². The van der Waals surface area contributed by atoms with Crippen molar-refractivity contribution in [1.29, 1.82) is 0 Å². The highest BCUT2D eigenvalue weighted by Gasteiger charge is 2.11. The molecule has 0 fully saturated rings. The summed E-state index contributed by atoms with van der Waals surface area (Å²) in [6.45, 7) is 1.94. The number of nitrogen functional groups attached to an aromatic ring is 1. The lowest BCUT2D eigenvalue weighted by Gasteiger charge is -2.12. The number of ether oxygens (including phenoxy) is 2. The number of nitrogens with zero attached hydrogens (tertiary/aromatic N) is 1. The molecule has 0 aliphatic rings. The Morgan fingerprint density at radius 1 is 1.05 bits per heavy atom. The van der Waals surface area contributed by atoms with Crippen LogP contribution in [0.3, 0.4) is 0 Å². The van der Waals surface area contributed by atoms with Crippen molar-refractivity contribution in [3.8, 4) is 17.2 Å². The number of aryl methyl sites for hydroxylation is 1. The lowest BCUT2D eigenvalue weighted by atomic mass is 10.1. The third-order valence-electron chi connectivity index (χ3n) is 3.39. The van der Waals surface area contributed by atoms with E-state index in [1.54, 1.807) is 25.4 Å². The summed E-state index contributed by atoms with van der Waals surface area (Å²) >= 11 is 0. The first-order valence-corrected chi connectivity index (χ1v) is 6.74. The number of anilines is 1. The molecule has 0 saturated heterocycles. The summed E-state index contributed by atoms with van der Waals surface area (Å²) in [6, 6.07) is 9.74. The predicted molar refractivity (Wildman–Crippen MR) is 83.9 cm³/mol. The molecule has 112 valence electrons. The molecule has 0 spiro atoms. The summed E-state index contributed by atoms with van der Waals surface area (Å²) in [7, 11) is 1.60. The van der Waals surface area contributed by atoms with Gasteiger partial charge in [0, 0.05) is 23.3 Å². The van der Waals surface area contributed by atoms with Gasteiger partial charge in [0.05, 0.1) is 12.6 Å². The summed E-state index contributed by atoms with van der Waals surface area (Å²) in [5.41, 5.74) is 7.62.